The van der Waals surface area contributed by atoms with Gasteiger partial charge in [0.05, 0.1) is 5.75 Å². The van der Waals surface area contributed by atoms with E-state index in [1.54, 1.807) is 0 Å². The lowest BCUT2D eigenvalue weighted by molar-refractivity contribution is -0.139. The van der Waals surface area contributed by atoms with Crippen LogP contribution in [0.3, 0.4) is 0 Å². The molecule has 2 aromatic rings. The zero-order chi connectivity index (χ0) is 19.7. The summed E-state index contributed by atoms with van der Waals surface area (Å²) in [6, 6.07) is 8.14. The van der Waals surface area contributed by atoms with E-state index in [4.69, 9.17) is 0 Å². The van der Waals surface area contributed by atoms with Gasteiger partial charge in [0.25, 0.3) is 0 Å². The number of amides is 2. The Morgan fingerprint density at radius 1 is 1.11 bits per heavy atom. The number of rotatable bonds is 5. The van der Waals surface area contributed by atoms with E-state index in [1.165, 1.54) is 17.3 Å². The Kier molecular flexibility index (Phi) is 5.39. The van der Waals surface area contributed by atoms with Crippen LogP contribution < -0.4 is 0 Å². The van der Waals surface area contributed by atoms with E-state index >= 15 is 0 Å². The van der Waals surface area contributed by atoms with E-state index in [0.29, 0.717) is 31.9 Å². The molecule has 0 spiro atoms. The predicted molar refractivity (Wildman–Crippen MR) is 108 cm³/mol. The number of nitrogens with zero attached hydrogens (tertiary/aromatic N) is 5. The van der Waals surface area contributed by atoms with Crippen molar-refractivity contribution in [2.24, 2.45) is 13.0 Å². The maximum atomic E-state index is 12.6. The second kappa shape index (κ2) is 7.95. The van der Waals surface area contributed by atoms with Gasteiger partial charge in [-0.2, -0.15) is 0 Å². The Morgan fingerprint density at radius 3 is 2.50 bits per heavy atom. The maximum Gasteiger partial charge on any atom is 0.233 e. The third kappa shape index (κ3) is 4.06. The van der Waals surface area contributed by atoms with Crippen molar-refractivity contribution in [3.63, 3.8) is 0 Å². The van der Waals surface area contributed by atoms with E-state index in [0.717, 1.165) is 29.4 Å². The Morgan fingerprint density at radius 2 is 1.82 bits per heavy atom. The number of hydrogen-bond donors (Lipinski definition) is 0. The van der Waals surface area contributed by atoms with Crippen LogP contribution in [-0.2, 0) is 16.6 Å². The van der Waals surface area contributed by atoms with Crippen LogP contribution in [0.25, 0.3) is 11.4 Å². The van der Waals surface area contributed by atoms with Crippen LogP contribution in [0.1, 0.15) is 18.4 Å². The first kappa shape index (κ1) is 19.0. The third-order valence-corrected chi connectivity index (χ3v) is 6.31. The second-order valence-electron chi connectivity index (χ2n) is 7.50. The molecule has 1 aromatic heterocycles. The molecule has 2 aliphatic rings. The van der Waals surface area contributed by atoms with Crippen molar-refractivity contribution >= 4 is 23.6 Å². The summed E-state index contributed by atoms with van der Waals surface area (Å²) in [7, 11) is 1.92. The Bertz CT molecular complexity index is 884. The van der Waals surface area contributed by atoms with E-state index in [1.807, 2.05) is 46.5 Å². The average Bonchev–Trinajstić information content (AvgIpc) is 3.49. The van der Waals surface area contributed by atoms with Crippen LogP contribution in [0, 0.1) is 12.8 Å². The first-order valence-corrected chi connectivity index (χ1v) is 10.7. The fourth-order valence-corrected chi connectivity index (χ4v) is 4.27. The van der Waals surface area contributed by atoms with Crippen LogP contribution in [-0.4, -0.2) is 68.3 Å². The van der Waals surface area contributed by atoms with Gasteiger partial charge in [-0.15, -0.1) is 10.2 Å². The molecular formula is C20H25N5O2S. The molecule has 7 nitrogen and oxygen atoms in total. The summed E-state index contributed by atoms with van der Waals surface area (Å²) in [5.41, 5.74) is 2.19. The summed E-state index contributed by atoms with van der Waals surface area (Å²) in [4.78, 5) is 28.5. The van der Waals surface area contributed by atoms with Gasteiger partial charge in [0.1, 0.15) is 0 Å². The SMILES string of the molecule is Cc1cccc(-c2nnc(SCC(=O)N3CCN(C(=O)C4CC4)CC3)n2C)c1. The Balaban J connectivity index is 1.31. The molecule has 0 unspecified atom stereocenters. The molecule has 28 heavy (non-hydrogen) atoms. The fourth-order valence-electron chi connectivity index (χ4n) is 3.46. The van der Waals surface area contributed by atoms with Gasteiger partial charge in [-0.1, -0.05) is 35.5 Å². The molecule has 1 aromatic carbocycles. The van der Waals surface area contributed by atoms with E-state index < -0.39 is 0 Å². The van der Waals surface area contributed by atoms with E-state index in [2.05, 4.69) is 16.3 Å². The zero-order valence-electron chi connectivity index (χ0n) is 16.3. The molecule has 0 radical (unpaired) electrons. The molecule has 1 aliphatic carbocycles. The standard InChI is InChI=1S/C20H25N5O2S/c1-14-4-3-5-16(12-14)18-21-22-20(23(18)2)28-13-17(26)24-8-10-25(11-9-24)19(27)15-6-7-15/h3-5,12,15H,6-11,13H2,1-2H3. The molecule has 1 saturated heterocycles. The topological polar surface area (TPSA) is 71.3 Å². The summed E-state index contributed by atoms with van der Waals surface area (Å²) in [6.45, 7) is 4.57. The number of aryl methyl sites for hydroxylation is 1. The van der Waals surface area contributed by atoms with E-state index in [-0.39, 0.29) is 17.7 Å². The highest BCUT2D eigenvalue weighted by molar-refractivity contribution is 7.99. The largest absolute Gasteiger partial charge is 0.339 e. The minimum Gasteiger partial charge on any atom is -0.339 e. The first-order valence-electron chi connectivity index (χ1n) is 9.68. The highest BCUT2D eigenvalue weighted by Crippen LogP contribution is 2.31. The van der Waals surface area contributed by atoms with Gasteiger partial charge < -0.3 is 14.4 Å². The third-order valence-electron chi connectivity index (χ3n) is 5.31. The molecule has 2 fully saturated rings. The van der Waals surface area contributed by atoms with Crippen LogP contribution in [0.2, 0.25) is 0 Å². The van der Waals surface area contributed by atoms with Crippen LogP contribution in [0.5, 0.6) is 0 Å². The number of piperazine rings is 1. The summed E-state index contributed by atoms with van der Waals surface area (Å²) in [6.07, 6.45) is 2.05. The number of aromatic nitrogens is 3. The number of benzene rings is 1. The van der Waals surface area contributed by atoms with Gasteiger partial charge in [0.15, 0.2) is 11.0 Å². The molecule has 148 valence electrons. The van der Waals surface area contributed by atoms with Crippen molar-refractivity contribution < 1.29 is 9.59 Å². The maximum absolute atomic E-state index is 12.6. The zero-order valence-corrected chi connectivity index (χ0v) is 17.1. The van der Waals surface area contributed by atoms with Crippen molar-refractivity contribution in [3.8, 4) is 11.4 Å². The minimum atomic E-state index is 0.0867. The molecular weight excluding hydrogens is 374 g/mol. The van der Waals surface area contributed by atoms with Gasteiger partial charge in [-0.25, -0.2) is 0 Å². The first-order chi connectivity index (χ1) is 13.5. The van der Waals surface area contributed by atoms with Crippen LogP contribution in [0.4, 0.5) is 0 Å². The van der Waals surface area contributed by atoms with Crippen molar-refractivity contribution in [2.75, 3.05) is 31.9 Å². The molecule has 0 N–H and O–H groups in total. The summed E-state index contributed by atoms with van der Waals surface area (Å²) in [5.74, 6) is 1.73. The molecule has 0 atom stereocenters. The molecule has 1 aliphatic heterocycles. The van der Waals surface area contributed by atoms with E-state index in [9.17, 15) is 9.59 Å². The number of carbonyl (C=O) groups is 2. The van der Waals surface area contributed by atoms with Gasteiger partial charge in [-0.3, -0.25) is 9.59 Å². The minimum absolute atomic E-state index is 0.0867. The highest BCUT2D eigenvalue weighted by atomic mass is 32.2. The molecule has 4 rings (SSSR count). The normalized spacial score (nSPS) is 17.1. The quantitative estimate of drug-likeness (QED) is 0.719. The molecule has 2 heterocycles. The summed E-state index contributed by atoms with van der Waals surface area (Å²) < 4.78 is 1.93. The van der Waals surface area contributed by atoms with Crippen molar-refractivity contribution in [1.29, 1.82) is 0 Å². The lowest BCUT2D eigenvalue weighted by atomic mass is 10.1. The Hall–Kier alpha value is -2.35. The smallest absolute Gasteiger partial charge is 0.233 e. The van der Waals surface area contributed by atoms with Crippen LogP contribution in [0.15, 0.2) is 29.4 Å². The predicted octanol–water partition coefficient (Wildman–Crippen LogP) is 1.96. The highest BCUT2D eigenvalue weighted by Gasteiger charge is 2.35. The number of carbonyl (C=O) groups excluding carboxylic acids is 2. The number of thioether (sulfide) groups is 1. The summed E-state index contributed by atoms with van der Waals surface area (Å²) in [5, 5.41) is 9.27. The van der Waals surface area contributed by atoms with Gasteiger partial charge in [-0.05, 0) is 25.8 Å². The fraction of sp³-hybridized carbons (Fsp3) is 0.500. The molecule has 2 amide bonds. The molecule has 8 heteroatoms. The van der Waals surface area contributed by atoms with Gasteiger partial charge in [0.2, 0.25) is 11.8 Å². The molecule has 0 bridgehead atoms. The average molecular weight is 400 g/mol. The lowest BCUT2D eigenvalue weighted by Gasteiger charge is -2.34. The monoisotopic (exact) mass is 399 g/mol. The second-order valence-corrected chi connectivity index (χ2v) is 8.45. The van der Waals surface area contributed by atoms with Crippen molar-refractivity contribution in [3.05, 3.63) is 29.8 Å². The van der Waals surface area contributed by atoms with Crippen molar-refractivity contribution in [2.45, 2.75) is 24.9 Å². The lowest BCUT2D eigenvalue weighted by Crippen LogP contribution is -2.51. The van der Waals surface area contributed by atoms with Crippen molar-refractivity contribution in [1.82, 2.24) is 24.6 Å². The van der Waals surface area contributed by atoms with Crippen LogP contribution >= 0.6 is 11.8 Å². The Labute approximate surface area is 169 Å². The molecule has 1 saturated carbocycles. The van der Waals surface area contributed by atoms with Gasteiger partial charge >= 0.3 is 0 Å². The number of hydrogen-bond acceptors (Lipinski definition) is 5. The summed E-state index contributed by atoms with van der Waals surface area (Å²) >= 11 is 1.41. The van der Waals surface area contributed by atoms with Gasteiger partial charge in [0, 0.05) is 44.7 Å².